The molecule has 0 aromatic heterocycles. The molecule has 0 atom stereocenters. The Morgan fingerprint density at radius 1 is 0.730 bits per heavy atom. The lowest BCUT2D eigenvalue weighted by atomic mass is 10.1. The molecule has 1 aromatic carbocycles. The normalized spacial score (nSPS) is 14.0. The number of carbonyl (C=O) groups is 1. The van der Waals surface area contributed by atoms with Crippen LogP contribution in [0.15, 0.2) is 107 Å². The summed E-state index contributed by atoms with van der Waals surface area (Å²) in [5.74, 6) is 1.56. The van der Waals surface area contributed by atoms with Crippen molar-refractivity contribution in [1.82, 2.24) is 0 Å². The average Bonchev–Trinajstić information content (AvgIpc) is 2.88. The van der Waals surface area contributed by atoms with Crippen LogP contribution in [0.3, 0.4) is 0 Å². The molecule has 37 heavy (non-hydrogen) atoms. The fraction of sp³-hybridized carbons (Fsp3) is 0.324. The van der Waals surface area contributed by atoms with Crippen molar-refractivity contribution in [3.63, 3.8) is 0 Å². The lowest BCUT2D eigenvalue weighted by Crippen LogP contribution is -1.99. The van der Waals surface area contributed by atoms with Crippen LogP contribution in [0, 0.1) is 0 Å². The highest BCUT2D eigenvalue weighted by molar-refractivity contribution is 5.67. The lowest BCUT2D eigenvalue weighted by molar-refractivity contribution is -0.104. The van der Waals surface area contributed by atoms with Crippen molar-refractivity contribution in [3.8, 4) is 11.5 Å². The van der Waals surface area contributed by atoms with Gasteiger partial charge in [-0.15, -0.1) is 0 Å². The van der Waals surface area contributed by atoms with E-state index >= 15 is 0 Å². The van der Waals surface area contributed by atoms with E-state index < -0.39 is 0 Å². The monoisotopic (exact) mass is 500 g/mol. The minimum absolute atomic E-state index is 0.720. The Kier molecular flexibility index (Phi) is 16.6. The maximum atomic E-state index is 10.4. The van der Waals surface area contributed by atoms with Gasteiger partial charge in [-0.25, -0.2) is 0 Å². The summed E-state index contributed by atoms with van der Waals surface area (Å²) in [5.41, 5.74) is 5.45. The molecular formula is C34H44O3. The second-order valence-electron chi connectivity index (χ2n) is 9.01. The van der Waals surface area contributed by atoms with E-state index in [-0.39, 0.29) is 0 Å². The molecule has 0 saturated heterocycles. The Morgan fingerprint density at radius 3 is 1.92 bits per heavy atom. The first kappa shape index (κ1) is 31.4. The molecule has 1 rings (SSSR count). The van der Waals surface area contributed by atoms with E-state index in [1.165, 1.54) is 19.3 Å². The highest BCUT2D eigenvalue weighted by Gasteiger charge is 2.04. The summed E-state index contributed by atoms with van der Waals surface area (Å²) < 4.78 is 11.4. The summed E-state index contributed by atoms with van der Waals surface area (Å²) in [6.45, 7) is 11.0. The van der Waals surface area contributed by atoms with Gasteiger partial charge in [-0.05, 0) is 63.5 Å². The third-order valence-corrected chi connectivity index (χ3v) is 5.47. The number of rotatable bonds is 16. The van der Waals surface area contributed by atoms with Gasteiger partial charge in [0.05, 0.1) is 13.7 Å². The molecule has 0 bridgehead atoms. The quantitative estimate of drug-likeness (QED) is 0.0981. The van der Waals surface area contributed by atoms with Crippen LogP contribution in [0.4, 0.5) is 0 Å². The fourth-order valence-electron chi connectivity index (χ4n) is 3.22. The first-order valence-electron chi connectivity index (χ1n) is 13.1. The van der Waals surface area contributed by atoms with E-state index in [0.29, 0.717) is 0 Å². The molecule has 0 spiro atoms. The van der Waals surface area contributed by atoms with Gasteiger partial charge in [-0.3, -0.25) is 4.79 Å². The summed E-state index contributed by atoms with van der Waals surface area (Å²) in [7, 11) is 1.68. The van der Waals surface area contributed by atoms with Crippen molar-refractivity contribution in [2.24, 2.45) is 0 Å². The number of aldehydes is 1. The van der Waals surface area contributed by atoms with Crippen LogP contribution in [0.5, 0.6) is 11.5 Å². The van der Waals surface area contributed by atoms with E-state index in [1.54, 1.807) is 13.2 Å². The Balaban J connectivity index is 2.65. The molecule has 0 aliphatic rings. The summed E-state index contributed by atoms with van der Waals surface area (Å²) in [4.78, 5) is 10.4. The van der Waals surface area contributed by atoms with Crippen LogP contribution in [-0.2, 0) is 4.79 Å². The second kappa shape index (κ2) is 19.6. The minimum Gasteiger partial charge on any atom is -0.493 e. The van der Waals surface area contributed by atoms with Gasteiger partial charge in [0.2, 0.25) is 0 Å². The van der Waals surface area contributed by atoms with Gasteiger partial charge in [-0.2, -0.15) is 0 Å². The smallest absolute Gasteiger partial charge is 0.161 e. The molecule has 3 heteroatoms. The molecule has 0 fully saturated rings. The highest BCUT2D eigenvalue weighted by atomic mass is 16.5. The number of hydrogen-bond acceptors (Lipinski definition) is 3. The van der Waals surface area contributed by atoms with Crippen molar-refractivity contribution < 1.29 is 14.3 Å². The number of benzene rings is 1. The second-order valence-corrected chi connectivity index (χ2v) is 9.01. The predicted molar refractivity (Wildman–Crippen MR) is 160 cm³/mol. The van der Waals surface area contributed by atoms with Crippen molar-refractivity contribution in [3.05, 3.63) is 113 Å². The summed E-state index contributed by atoms with van der Waals surface area (Å²) in [6.07, 6.45) is 29.5. The van der Waals surface area contributed by atoms with E-state index in [4.69, 9.17) is 9.47 Å². The number of unbranched alkanes of at least 4 members (excludes halogenated alkanes) is 3. The average molecular weight is 501 g/mol. The molecule has 0 heterocycles. The van der Waals surface area contributed by atoms with Crippen molar-refractivity contribution in [2.75, 3.05) is 13.7 Å². The summed E-state index contributed by atoms with van der Waals surface area (Å²) >= 11 is 0. The van der Waals surface area contributed by atoms with Gasteiger partial charge in [0.1, 0.15) is 6.29 Å². The fourth-order valence-corrected chi connectivity index (χ4v) is 3.22. The molecule has 0 aliphatic carbocycles. The maximum absolute atomic E-state index is 10.4. The zero-order valence-electron chi connectivity index (χ0n) is 23.5. The van der Waals surface area contributed by atoms with Crippen LogP contribution in [0.25, 0.3) is 6.08 Å². The van der Waals surface area contributed by atoms with Crippen molar-refractivity contribution in [1.29, 1.82) is 0 Å². The molecule has 0 aliphatic heterocycles. The summed E-state index contributed by atoms with van der Waals surface area (Å²) in [6, 6.07) is 6.04. The van der Waals surface area contributed by atoms with Crippen LogP contribution in [0.1, 0.15) is 65.9 Å². The maximum Gasteiger partial charge on any atom is 0.161 e. The van der Waals surface area contributed by atoms with Gasteiger partial charge < -0.3 is 9.47 Å². The lowest BCUT2D eigenvalue weighted by Gasteiger charge is -2.11. The van der Waals surface area contributed by atoms with Crippen LogP contribution >= 0.6 is 0 Å². The number of ether oxygens (including phenoxy) is 2. The molecular weight excluding hydrogens is 456 g/mol. The van der Waals surface area contributed by atoms with Crippen molar-refractivity contribution >= 4 is 12.4 Å². The number of methoxy groups -OCH3 is 1. The van der Waals surface area contributed by atoms with E-state index in [1.807, 2.05) is 62.4 Å². The van der Waals surface area contributed by atoms with Gasteiger partial charge in [-0.1, -0.05) is 116 Å². The summed E-state index contributed by atoms with van der Waals surface area (Å²) in [5, 5.41) is 0. The van der Waals surface area contributed by atoms with Crippen LogP contribution in [-0.4, -0.2) is 20.0 Å². The molecule has 198 valence electrons. The van der Waals surface area contributed by atoms with Gasteiger partial charge >= 0.3 is 0 Å². The van der Waals surface area contributed by atoms with Gasteiger partial charge in [0.25, 0.3) is 0 Å². The Labute approximate surface area is 225 Å². The first-order valence-corrected chi connectivity index (χ1v) is 13.1. The third kappa shape index (κ3) is 15.2. The number of allylic oxidation sites excluding steroid dienone is 15. The largest absolute Gasteiger partial charge is 0.493 e. The SMILES string of the molecule is CCCCCCOc1ccc(/C=C/C=C(C)/C=C/C(C)=C/C=C/C(C)=C/C=C/C(C)=C/C=O)cc1OC. The van der Waals surface area contributed by atoms with Crippen LogP contribution < -0.4 is 9.47 Å². The zero-order valence-corrected chi connectivity index (χ0v) is 23.5. The van der Waals surface area contributed by atoms with Gasteiger partial charge in [0, 0.05) is 0 Å². The Hall–Kier alpha value is -3.59. The van der Waals surface area contributed by atoms with E-state index in [9.17, 15) is 4.79 Å². The topological polar surface area (TPSA) is 35.5 Å². The Bertz CT molecular complexity index is 1070. The molecule has 0 radical (unpaired) electrons. The molecule has 0 unspecified atom stereocenters. The molecule has 0 saturated carbocycles. The molecule has 1 aromatic rings. The number of carbonyl (C=O) groups excluding carboxylic acids is 1. The minimum atomic E-state index is 0.720. The van der Waals surface area contributed by atoms with Crippen molar-refractivity contribution in [2.45, 2.75) is 60.3 Å². The van der Waals surface area contributed by atoms with Crippen LogP contribution in [0.2, 0.25) is 0 Å². The highest BCUT2D eigenvalue weighted by Crippen LogP contribution is 2.29. The predicted octanol–water partition coefficient (Wildman–Crippen LogP) is 9.32. The molecule has 0 N–H and O–H groups in total. The van der Waals surface area contributed by atoms with Gasteiger partial charge in [0.15, 0.2) is 11.5 Å². The zero-order chi connectivity index (χ0) is 27.3. The number of hydrogen-bond donors (Lipinski definition) is 0. The standard InChI is InChI=1S/C34H44O3/c1-7-8-9-10-26-37-33-23-22-32(27-34(33)36-6)19-13-18-30(4)21-20-29(3)16-11-14-28(2)15-12-17-31(5)24-25-35/h11-25,27H,7-10,26H2,1-6H3/b14-11+,17-12+,19-13+,21-20+,28-15+,29-16+,30-18+,31-24+. The molecule has 3 nitrogen and oxygen atoms in total. The third-order valence-electron chi connectivity index (χ3n) is 5.47. The molecule has 0 amide bonds. The Morgan fingerprint density at radius 2 is 1.32 bits per heavy atom. The first-order chi connectivity index (χ1) is 17.9. The van der Waals surface area contributed by atoms with E-state index in [0.717, 1.165) is 58.7 Å². The van der Waals surface area contributed by atoms with E-state index in [2.05, 4.69) is 57.2 Å².